The van der Waals surface area contributed by atoms with Gasteiger partial charge in [0, 0.05) is 4.90 Å². The van der Waals surface area contributed by atoms with Gasteiger partial charge in [-0.3, -0.25) is 0 Å². The molecule has 0 bridgehead atoms. The van der Waals surface area contributed by atoms with E-state index in [1.54, 1.807) is 11.8 Å². The number of ether oxygens (including phenoxy) is 1. The molecule has 0 N–H and O–H groups in total. The molecule has 0 aliphatic carbocycles. The van der Waals surface area contributed by atoms with Crippen molar-refractivity contribution < 1.29 is 4.74 Å². The number of hydrogen-bond donors (Lipinski definition) is 0. The normalized spacial score (nSPS) is 11.4. The van der Waals surface area contributed by atoms with Gasteiger partial charge in [0.15, 0.2) is 0 Å². The van der Waals surface area contributed by atoms with E-state index in [0.717, 1.165) is 12.0 Å². The average molecular weight is 226 g/mol. The van der Waals surface area contributed by atoms with Crippen LogP contribution < -0.4 is 4.74 Å². The lowest BCUT2D eigenvalue weighted by Crippen LogP contribution is -2.29. The third-order valence-corrected chi connectivity index (χ3v) is 3.49. The minimum atomic E-state index is -1.09. The molecule has 0 amide bonds. The van der Waals surface area contributed by atoms with Gasteiger partial charge in [0.25, 0.3) is 0 Å². The summed E-state index contributed by atoms with van der Waals surface area (Å²) in [5.41, 5.74) is 0. The molecule has 0 saturated heterocycles. The lowest BCUT2D eigenvalue weighted by molar-refractivity contribution is 0.378. The Kier molecular flexibility index (Phi) is 4.07. The van der Waals surface area contributed by atoms with E-state index in [4.69, 9.17) is 4.74 Å². The first kappa shape index (κ1) is 11.7. The van der Waals surface area contributed by atoms with Crippen LogP contribution >= 0.6 is 11.8 Å². The third-order valence-electron chi connectivity index (χ3n) is 1.73. The summed E-state index contributed by atoms with van der Waals surface area (Å²) in [6, 6.07) is 8.30. The molecule has 0 unspecified atom stereocenters. The Balaban J connectivity index is 2.52. The average Bonchev–Trinajstić information content (AvgIpc) is 2.14. The summed E-state index contributed by atoms with van der Waals surface area (Å²) in [4.78, 5) is 1.28. The number of rotatable bonds is 4. The molecule has 0 aliphatic rings. The molecular formula is C11H18OSSi. The Hall–Kier alpha value is -0.413. The molecule has 0 aromatic heterocycles. The van der Waals surface area contributed by atoms with E-state index in [1.165, 1.54) is 4.90 Å². The van der Waals surface area contributed by atoms with E-state index in [9.17, 15) is 0 Å². The Bertz CT molecular complexity index is 276. The SMILES string of the molecule is CSc1ccc(OC[Si](C)(C)C)cc1. The lowest BCUT2D eigenvalue weighted by atomic mass is 10.3. The van der Waals surface area contributed by atoms with Crippen LogP contribution in [0.5, 0.6) is 5.75 Å². The molecule has 1 nitrogen and oxygen atoms in total. The molecule has 1 aromatic rings. The van der Waals surface area contributed by atoms with Gasteiger partial charge in [0.1, 0.15) is 5.75 Å². The van der Waals surface area contributed by atoms with Crippen LogP contribution in [-0.2, 0) is 0 Å². The van der Waals surface area contributed by atoms with Crippen molar-refractivity contribution >= 4 is 19.8 Å². The van der Waals surface area contributed by atoms with Crippen molar-refractivity contribution in [2.75, 3.05) is 12.5 Å². The van der Waals surface area contributed by atoms with Gasteiger partial charge in [0.2, 0.25) is 0 Å². The molecule has 78 valence electrons. The molecule has 0 atom stereocenters. The van der Waals surface area contributed by atoms with Crippen molar-refractivity contribution in [3.8, 4) is 5.75 Å². The minimum absolute atomic E-state index is 0.894. The summed E-state index contributed by atoms with van der Waals surface area (Å²) in [5, 5.41) is 0. The molecule has 14 heavy (non-hydrogen) atoms. The highest BCUT2D eigenvalue weighted by molar-refractivity contribution is 7.98. The fourth-order valence-electron chi connectivity index (χ4n) is 0.972. The largest absolute Gasteiger partial charge is 0.497 e. The maximum absolute atomic E-state index is 5.72. The highest BCUT2D eigenvalue weighted by Crippen LogP contribution is 2.19. The van der Waals surface area contributed by atoms with Crippen molar-refractivity contribution in [3.05, 3.63) is 24.3 Å². The van der Waals surface area contributed by atoms with E-state index >= 15 is 0 Å². The number of thioether (sulfide) groups is 1. The van der Waals surface area contributed by atoms with Gasteiger partial charge in [-0.1, -0.05) is 19.6 Å². The summed E-state index contributed by atoms with van der Waals surface area (Å²) >= 11 is 1.75. The van der Waals surface area contributed by atoms with Gasteiger partial charge >= 0.3 is 0 Å². The quantitative estimate of drug-likeness (QED) is 0.572. The molecule has 3 heteroatoms. The highest BCUT2D eigenvalue weighted by atomic mass is 32.2. The van der Waals surface area contributed by atoms with Crippen molar-refractivity contribution in [1.82, 2.24) is 0 Å². The summed E-state index contributed by atoms with van der Waals surface area (Å²) in [6.45, 7) is 6.93. The van der Waals surface area contributed by atoms with Gasteiger partial charge < -0.3 is 4.74 Å². The Labute approximate surface area is 91.9 Å². The molecule has 1 aromatic carbocycles. The smallest absolute Gasteiger partial charge is 0.118 e. The van der Waals surface area contributed by atoms with Crippen LogP contribution in [0.2, 0.25) is 19.6 Å². The standard InChI is InChI=1S/C11H18OSSi/c1-13-11-7-5-10(6-8-11)12-9-14(2,3)4/h5-8H,9H2,1-4H3. The van der Waals surface area contributed by atoms with Gasteiger partial charge in [-0.25, -0.2) is 0 Å². The van der Waals surface area contributed by atoms with Gasteiger partial charge in [-0.15, -0.1) is 11.8 Å². The molecule has 0 aliphatic heterocycles. The van der Waals surface area contributed by atoms with Crippen molar-refractivity contribution in [2.24, 2.45) is 0 Å². The molecule has 0 fully saturated rings. The summed E-state index contributed by atoms with van der Waals surface area (Å²) in [7, 11) is -1.09. The van der Waals surface area contributed by atoms with Crippen LogP contribution in [0.1, 0.15) is 0 Å². The zero-order valence-corrected chi connectivity index (χ0v) is 11.1. The zero-order valence-electron chi connectivity index (χ0n) is 9.33. The van der Waals surface area contributed by atoms with E-state index in [1.807, 2.05) is 12.1 Å². The molecule has 0 heterocycles. The fourth-order valence-corrected chi connectivity index (χ4v) is 1.98. The summed E-state index contributed by atoms with van der Waals surface area (Å²) in [6.07, 6.45) is 2.98. The number of hydrogen-bond acceptors (Lipinski definition) is 2. The van der Waals surface area contributed by atoms with Crippen molar-refractivity contribution in [1.29, 1.82) is 0 Å². The Morgan fingerprint density at radius 3 is 2.14 bits per heavy atom. The van der Waals surface area contributed by atoms with Crippen LogP contribution in [0.4, 0.5) is 0 Å². The monoisotopic (exact) mass is 226 g/mol. The van der Waals surface area contributed by atoms with Crippen molar-refractivity contribution in [3.63, 3.8) is 0 Å². The van der Waals surface area contributed by atoms with Crippen LogP contribution in [0, 0.1) is 0 Å². The highest BCUT2D eigenvalue weighted by Gasteiger charge is 2.13. The second-order valence-electron chi connectivity index (χ2n) is 4.52. The molecule has 0 saturated carbocycles. The molecule has 0 radical (unpaired) electrons. The van der Waals surface area contributed by atoms with Crippen LogP contribution in [0.15, 0.2) is 29.2 Å². The van der Waals surface area contributed by atoms with Gasteiger partial charge in [-0.2, -0.15) is 0 Å². The summed E-state index contributed by atoms with van der Waals surface area (Å²) < 4.78 is 5.72. The Morgan fingerprint density at radius 1 is 1.14 bits per heavy atom. The minimum Gasteiger partial charge on any atom is -0.497 e. The first-order chi connectivity index (χ1) is 6.51. The van der Waals surface area contributed by atoms with E-state index < -0.39 is 8.07 Å². The zero-order chi connectivity index (χ0) is 10.6. The predicted octanol–water partition coefficient (Wildman–Crippen LogP) is 3.66. The predicted molar refractivity (Wildman–Crippen MR) is 67.1 cm³/mol. The van der Waals surface area contributed by atoms with Crippen molar-refractivity contribution in [2.45, 2.75) is 24.5 Å². The van der Waals surface area contributed by atoms with Gasteiger partial charge in [0.05, 0.1) is 14.3 Å². The lowest BCUT2D eigenvalue weighted by Gasteiger charge is -2.16. The first-order valence-electron chi connectivity index (χ1n) is 4.78. The van der Waals surface area contributed by atoms with Crippen LogP contribution in [0.25, 0.3) is 0 Å². The van der Waals surface area contributed by atoms with Crippen LogP contribution in [-0.4, -0.2) is 20.6 Å². The molecular weight excluding hydrogens is 208 g/mol. The second-order valence-corrected chi connectivity index (χ2v) is 10.8. The second kappa shape index (κ2) is 4.89. The first-order valence-corrected chi connectivity index (χ1v) is 9.71. The molecule has 0 spiro atoms. The Morgan fingerprint density at radius 2 is 1.71 bits per heavy atom. The topological polar surface area (TPSA) is 9.23 Å². The van der Waals surface area contributed by atoms with E-state index in [-0.39, 0.29) is 0 Å². The maximum atomic E-state index is 5.72. The third kappa shape index (κ3) is 4.20. The summed E-state index contributed by atoms with van der Waals surface area (Å²) in [5.74, 6) is 0.991. The van der Waals surface area contributed by atoms with E-state index in [0.29, 0.717) is 0 Å². The fraction of sp³-hybridized carbons (Fsp3) is 0.455. The van der Waals surface area contributed by atoms with Gasteiger partial charge in [-0.05, 0) is 30.5 Å². The van der Waals surface area contributed by atoms with Crippen LogP contribution in [0.3, 0.4) is 0 Å². The number of benzene rings is 1. The van der Waals surface area contributed by atoms with E-state index in [2.05, 4.69) is 38.0 Å². The maximum Gasteiger partial charge on any atom is 0.118 e. The molecule has 1 rings (SSSR count).